The molecule has 8 aliphatic heterocycles. The summed E-state index contributed by atoms with van der Waals surface area (Å²) < 4.78 is 0. The summed E-state index contributed by atoms with van der Waals surface area (Å²) >= 11 is 0. The van der Waals surface area contributed by atoms with Crippen molar-refractivity contribution in [1.29, 1.82) is 0 Å². The van der Waals surface area contributed by atoms with Crippen LogP contribution in [0.15, 0.2) is 413 Å². The zero-order chi connectivity index (χ0) is 75.7. The Hall–Kier alpha value is -14.6. The number of aromatic nitrogens is 2. The maximum atomic E-state index is 6.85. The Bertz CT molecular complexity index is 6580. The van der Waals surface area contributed by atoms with E-state index in [2.05, 4.69) is 432 Å². The average molecular weight is 1470 g/mol. The zero-order valence-electron chi connectivity index (χ0n) is 63.1. The van der Waals surface area contributed by atoms with Crippen molar-refractivity contribution in [2.24, 2.45) is 0 Å². The van der Waals surface area contributed by atoms with Gasteiger partial charge in [0, 0.05) is 22.7 Å². The molecule has 18 aromatic rings. The van der Waals surface area contributed by atoms with Crippen molar-refractivity contribution in [1.82, 2.24) is 9.97 Å². The van der Waals surface area contributed by atoms with Gasteiger partial charge in [0.15, 0.2) is 0 Å². The van der Waals surface area contributed by atoms with Gasteiger partial charge in [-0.1, -0.05) is 388 Å². The van der Waals surface area contributed by atoms with Gasteiger partial charge in [-0.2, -0.15) is 0 Å². The van der Waals surface area contributed by atoms with Gasteiger partial charge in [0.1, 0.15) is 22.7 Å². The van der Waals surface area contributed by atoms with Crippen LogP contribution >= 0.6 is 0 Å². The quantitative estimate of drug-likeness (QED) is 0.141. The van der Waals surface area contributed by atoms with E-state index in [4.69, 9.17) is 9.97 Å². The molecular formula is C108H68B2N6. The number of anilines is 12. The molecule has 0 unspecified atom stereocenters. The lowest BCUT2D eigenvalue weighted by Crippen LogP contribution is -2.65. The highest BCUT2D eigenvalue weighted by Crippen LogP contribution is 2.67. The molecule has 26 rings (SSSR count). The van der Waals surface area contributed by atoms with Crippen LogP contribution in [0.4, 0.5) is 68.5 Å². The van der Waals surface area contributed by atoms with Crippen molar-refractivity contribution in [3.63, 3.8) is 0 Å². The number of hydrogen-bond donors (Lipinski definition) is 0. The maximum absolute atomic E-state index is 6.85. The molecule has 0 radical (unpaired) electrons. The van der Waals surface area contributed by atoms with E-state index in [1.807, 2.05) is 0 Å². The number of pyridine rings is 2. The molecule has 6 nitrogen and oxygen atoms in total. The van der Waals surface area contributed by atoms with Crippen LogP contribution in [0.5, 0.6) is 0 Å². The standard InChI is InChI=1S/C108H68B2N6/c1-9-37-69(38-10-1)105(70-39-11-2-12-40-70)77-53-25-29-65-89(77)113-97-81(105)57-33-61-85(97)109-87-63-35-59-83-99(87)115(91-67-31-27-55-79(91)107(83,73-45-17-5-18-46-73)74-47-19-6-20-48-74)103-93(109)101(113)95-96(112-103)102-94-104(111-95)116-92-68-32-28-56-80(92)108(75-49-21-7-22-50-75,76-51-23-8-24-52-76)84-60-36-64-88(100(84)116)110(94)86-62-34-58-82-98(86)114(102)90-66-30-26-54-78(90)106(82,71-41-13-3-14-42-71)72-43-15-4-16-44-72/h1-68H. The highest BCUT2D eigenvalue weighted by molar-refractivity contribution is 7.02. The summed E-state index contributed by atoms with van der Waals surface area (Å²) in [7, 11) is 0. The van der Waals surface area contributed by atoms with E-state index in [-0.39, 0.29) is 13.4 Å². The van der Waals surface area contributed by atoms with Gasteiger partial charge in [0.25, 0.3) is 13.4 Å². The lowest BCUT2D eigenvalue weighted by atomic mass is 9.32. The van der Waals surface area contributed by atoms with Crippen molar-refractivity contribution < 1.29 is 0 Å². The fourth-order valence-electron chi connectivity index (χ4n) is 23.5. The van der Waals surface area contributed by atoms with Gasteiger partial charge in [0.05, 0.1) is 55.8 Å². The normalized spacial score (nSPS) is 15.6. The van der Waals surface area contributed by atoms with Gasteiger partial charge in [-0.25, -0.2) is 9.97 Å². The maximum Gasteiger partial charge on any atom is 0.254 e. The molecule has 116 heavy (non-hydrogen) atoms. The summed E-state index contributed by atoms with van der Waals surface area (Å²) in [5.74, 6) is 1.77. The van der Waals surface area contributed by atoms with Crippen molar-refractivity contribution in [2.45, 2.75) is 21.7 Å². The second kappa shape index (κ2) is 23.5. The SMILES string of the molecule is c1ccc(C2(c3ccccc3)c3ccccc3N3c4nc5c6c7c(nc5c5c4B(c4cccc2c43)c2cccc3c2N5c2ccccc2C3(c2ccccc2)c2ccccc2)N2c3ccccc3C(c3ccccc3)(c3ccccc3)c3cccc(c32)B7c2cccc3c2N6c2ccccc2C3(c2ccccc2)c2ccccc2)cc1. The summed E-state index contributed by atoms with van der Waals surface area (Å²) in [6.45, 7) is -0.748. The van der Waals surface area contributed by atoms with Crippen molar-refractivity contribution in [3.05, 3.63) is 502 Å². The lowest BCUT2D eigenvalue weighted by molar-refractivity contribution is 0.729. The molecule has 0 saturated carbocycles. The molecule has 0 fully saturated rings. The molecule has 8 aliphatic rings. The molecule has 2 aromatic heterocycles. The first-order valence-electron chi connectivity index (χ1n) is 40.6. The molecule has 0 atom stereocenters. The summed E-state index contributed by atoms with van der Waals surface area (Å²) in [6.07, 6.45) is 0. The number of nitrogens with zero attached hydrogens (tertiary/aromatic N) is 6. The Labute approximate surface area is 674 Å². The summed E-state index contributed by atoms with van der Waals surface area (Å²) in [5, 5.41) is 0. The van der Waals surface area contributed by atoms with Gasteiger partial charge in [-0.05, 0) is 146 Å². The molecule has 0 amide bonds. The largest absolute Gasteiger partial charge is 0.308 e. The summed E-state index contributed by atoms with van der Waals surface area (Å²) in [5.41, 5.74) is 35.6. The highest BCUT2D eigenvalue weighted by atomic mass is 15.3. The smallest absolute Gasteiger partial charge is 0.254 e. The Balaban J connectivity index is 0.883. The molecule has 0 bridgehead atoms. The number of hydrogen-bond acceptors (Lipinski definition) is 6. The minimum absolute atomic E-state index is 0.374. The van der Waals surface area contributed by atoms with Gasteiger partial charge in [-0.15, -0.1) is 0 Å². The molecule has 0 saturated heterocycles. The molecule has 8 heteroatoms. The summed E-state index contributed by atoms with van der Waals surface area (Å²) in [6, 6.07) is 157. The Morgan fingerprint density at radius 1 is 0.172 bits per heavy atom. The second-order valence-corrected chi connectivity index (χ2v) is 32.3. The van der Waals surface area contributed by atoms with Crippen molar-refractivity contribution in [3.8, 4) is 0 Å². The van der Waals surface area contributed by atoms with Crippen molar-refractivity contribution in [2.75, 3.05) is 19.6 Å². The Morgan fingerprint density at radius 3 is 0.595 bits per heavy atom. The van der Waals surface area contributed by atoms with Crippen LogP contribution < -0.4 is 52.4 Å². The fraction of sp³-hybridized carbons (Fsp3) is 0.0370. The molecule has 0 aliphatic carbocycles. The first-order chi connectivity index (χ1) is 57.6. The van der Waals surface area contributed by atoms with E-state index in [0.29, 0.717) is 0 Å². The third-order valence-corrected chi connectivity index (χ3v) is 27.4. The van der Waals surface area contributed by atoms with E-state index in [9.17, 15) is 0 Å². The lowest BCUT2D eigenvalue weighted by Gasteiger charge is -2.54. The second-order valence-electron chi connectivity index (χ2n) is 32.3. The van der Waals surface area contributed by atoms with Crippen molar-refractivity contribution >= 4 is 126 Å². The Morgan fingerprint density at radius 2 is 0.362 bits per heavy atom. The van der Waals surface area contributed by atoms with Crippen LogP contribution in [0.3, 0.4) is 0 Å². The van der Waals surface area contributed by atoms with E-state index >= 15 is 0 Å². The molecule has 0 spiro atoms. The topological polar surface area (TPSA) is 38.7 Å². The number of fused-ring (bicyclic) bond motifs is 19. The molecular weight excluding hydrogens is 1400 g/mol. The third kappa shape index (κ3) is 7.71. The van der Waals surface area contributed by atoms with Crippen LogP contribution in [0.1, 0.15) is 89.0 Å². The van der Waals surface area contributed by atoms with E-state index in [0.717, 1.165) is 90.5 Å². The molecule has 10 heterocycles. The third-order valence-electron chi connectivity index (χ3n) is 27.4. The van der Waals surface area contributed by atoms with Crippen LogP contribution in [0.2, 0.25) is 0 Å². The first-order valence-corrected chi connectivity index (χ1v) is 40.6. The fourth-order valence-corrected chi connectivity index (χ4v) is 23.5. The number of benzene rings is 16. The van der Waals surface area contributed by atoms with Gasteiger partial charge in [-0.3, -0.25) is 9.80 Å². The molecule has 536 valence electrons. The predicted octanol–water partition coefficient (Wildman–Crippen LogP) is 20.6. The van der Waals surface area contributed by atoms with Gasteiger partial charge < -0.3 is 9.80 Å². The predicted molar refractivity (Wildman–Crippen MR) is 475 cm³/mol. The number of para-hydroxylation sites is 8. The van der Waals surface area contributed by atoms with Crippen LogP contribution in [-0.2, 0) is 21.7 Å². The molecule has 0 N–H and O–H groups in total. The monoisotopic (exact) mass is 1470 g/mol. The van der Waals surface area contributed by atoms with E-state index in [1.54, 1.807) is 0 Å². The average Bonchev–Trinajstić information content (AvgIpc) is 0.650. The Kier molecular flexibility index (Phi) is 13.0. The minimum Gasteiger partial charge on any atom is -0.308 e. The summed E-state index contributed by atoms with van der Waals surface area (Å²) in [4.78, 5) is 24.3. The number of rotatable bonds is 8. The minimum atomic E-state index is -0.801. The van der Waals surface area contributed by atoms with Crippen LogP contribution in [0, 0.1) is 0 Å². The van der Waals surface area contributed by atoms with E-state index in [1.165, 1.54) is 111 Å². The molecule has 16 aromatic carbocycles. The zero-order valence-corrected chi connectivity index (χ0v) is 63.1. The van der Waals surface area contributed by atoms with Gasteiger partial charge >= 0.3 is 0 Å². The van der Waals surface area contributed by atoms with Crippen LogP contribution in [0.25, 0.3) is 11.0 Å². The first kappa shape index (κ1) is 64.0. The van der Waals surface area contributed by atoms with Gasteiger partial charge in [0.2, 0.25) is 0 Å². The van der Waals surface area contributed by atoms with Crippen LogP contribution in [-0.4, -0.2) is 23.4 Å². The highest BCUT2D eigenvalue weighted by Gasteiger charge is 2.61. The van der Waals surface area contributed by atoms with E-state index < -0.39 is 21.7 Å².